The van der Waals surface area contributed by atoms with E-state index >= 15 is 0 Å². The van der Waals surface area contributed by atoms with Crippen LogP contribution in [0, 0.1) is 6.92 Å². The van der Waals surface area contributed by atoms with E-state index in [1.54, 1.807) is 21.7 Å². The number of amides is 1. The van der Waals surface area contributed by atoms with Gasteiger partial charge in [0.05, 0.1) is 11.3 Å². The summed E-state index contributed by atoms with van der Waals surface area (Å²) in [4.78, 5) is 16.6. The number of rotatable bonds is 5. The van der Waals surface area contributed by atoms with Gasteiger partial charge in [-0.25, -0.2) is 0 Å². The summed E-state index contributed by atoms with van der Waals surface area (Å²) in [6, 6.07) is 6.13. The molecule has 8 heteroatoms. The predicted molar refractivity (Wildman–Crippen MR) is 92.2 cm³/mol. The third kappa shape index (κ3) is 4.19. The van der Waals surface area contributed by atoms with Crippen LogP contribution in [0.15, 0.2) is 30.5 Å². The van der Waals surface area contributed by atoms with E-state index in [1.165, 1.54) is 17.7 Å². The molecule has 1 fully saturated rings. The molecule has 1 aromatic carbocycles. The van der Waals surface area contributed by atoms with Crippen LogP contribution in [0.1, 0.15) is 21.6 Å². The molecule has 0 saturated carbocycles. The maximum absolute atomic E-state index is 12.7. The van der Waals surface area contributed by atoms with Gasteiger partial charge in [0, 0.05) is 51.5 Å². The van der Waals surface area contributed by atoms with Crippen LogP contribution in [0.5, 0.6) is 5.75 Å². The molecule has 6 nitrogen and oxygen atoms in total. The van der Waals surface area contributed by atoms with Crippen LogP contribution >= 0.6 is 0 Å². The van der Waals surface area contributed by atoms with Gasteiger partial charge >= 0.3 is 6.61 Å². The third-order valence-corrected chi connectivity index (χ3v) is 4.50. The van der Waals surface area contributed by atoms with Crippen molar-refractivity contribution in [3.63, 3.8) is 0 Å². The Labute approximate surface area is 151 Å². The maximum atomic E-state index is 12.7. The minimum atomic E-state index is -2.96. The summed E-state index contributed by atoms with van der Waals surface area (Å²) < 4.78 is 31.3. The topological polar surface area (TPSA) is 50.6 Å². The van der Waals surface area contributed by atoms with E-state index in [2.05, 4.69) is 14.7 Å². The van der Waals surface area contributed by atoms with E-state index in [-0.39, 0.29) is 17.2 Å². The van der Waals surface area contributed by atoms with E-state index in [1.807, 2.05) is 20.2 Å². The van der Waals surface area contributed by atoms with Crippen molar-refractivity contribution in [2.75, 3.05) is 26.2 Å². The van der Waals surface area contributed by atoms with Crippen LogP contribution in [0.4, 0.5) is 8.78 Å². The van der Waals surface area contributed by atoms with Gasteiger partial charge in [-0.1, -0.05) is 12.1 Å². The minimum absolute atomic E-state index is 0.0825. The van der Waals surface area contributed by atoms with Crippen molar-refractivity contribution in [3.05, 3.63) is 47.3 Å². The number of hydrogen-bond acceptors (Lipinski definition) is 4. The Morgan fingerprint density at radius 2 is 1.92 bits per heavy atom. The molecule has 140 valence electrons. The second kappa shape index (κ2) is 7.82. The lowest BCUT2D eigenvalue weighted by Crippen LogP contribution is -2.48. The number of benzene rings is 1. The van der Waals surface area contributed by atoms with Crippen molar-refractivity contribution in [1.29, 1.82) is 0 Å². The van der Waals surface area contributed by atoms with Gasteiger partial charge in [0.1, 0.15) is 5.75 Å². The minimum Gasteiger partial charge on any atom is -0.434 e. The Bertz CT molecular complexity index is 770. The molecule has 0 radical (unpaired) electrons. The molecule has 0 N–H and O–H groups in total. The first-order chi connectivity index (χ1) is 12.4. The summed E-state index contributed by atoms with van der Waals surface area (Å²) in [5, 5.41) is 4.34. The predicted octanol–water partition coefficient (Wildman–Crippen LogP) is 2.29. The molecule has 2 heterocycles. The lowest BCUT2D eigenvalue weighted by atomic mass is 10.1. The summed E-state index contributed by atoms with van der Waals surface area (Å²) in [7, 11) is 1.89. The quantitative estimate of drug-likeness (QED) is 0.817. The standard InChI is InChI=1S/C18H22F2N4O2/c1-13-14(11-22(2)21-13)12-23-7-9-24(10-8-23)17(25)15-5-3-4-6-16(15)26-18(19)20/h3-6,11,18H,7-10,12H2,1-2H3. The van der Waals surface area contributed by atoms with Crippen molar-refractivity contribution in [3.8, 4) is 5.75 Å². The van der Waals surface area contributed by atoms with Crippen LogP contribution in [0.2, 0.25) is 0 Å². The van der Waals surface area contributed by atoms with Crippen LogP contribution in [-0.4, -0.2) is 58.3 Å². The largest absolute Gasteiger partial charge is 0.434 e. The Hall–Kier alpha value is -2.48. The highest BCUT2D eigenvalue weighted by Crippen LogP contribution is 2.23. The van der Waals surface area contributed by atoms with Gasteiger partial charge in [-0.15, -0.1) is 0 Å². The molecule has 1 saturated heterocycles. The van der Waals surface area contributed by atoms with E-state index < -0.39 is 6.61 Å². The zero-order chi connectivity index (χ0) is 18.7. The Kier molecular flexibility index (Phi) is 5.51. The maximum Gasteiger partial charge on any atom is 0.387 e. The monoisotopic (exact) mass is 364 g/mol. The average Bonchev–Trinajstić information content (AvgIpc) is 2.92. The van der Waals surface area contributed by atoms with Gasteiger partial charge in [0.15, 0.2) is 0 Å². The molecule has 3 rings (SSSR count). The van der Waals surface area contributed by atoms with E-state index in [4.69, 9.17) is 0 Å². The number of alkyl halides is 2. The van der Waals surface area contributed by atoms with Crippen LogP contribution in [0.3, 0.4) is 0 Å². The summed E-state index contributed by atoms with van der Waals surface area (Å²) in [5.41, 5.74) is 2.34. The van der Waals surface area contributed by atoms with Crippen molar-refractivity contribution in [2.24, 2.45) is 7.05 Å². The van der Waals surface area contributed by atoms with Crippen LogP contribution < -0.4 is 4.74 Å². The SMILES string of the molecule is Cc1nn(C)cc1CN1CCN(C(=O)c2ccccc2OC(F)F)CC1. The number of nitrogens with zero attached hydrogens (tertiary/aromatic N) is 4. The highest BCUT2D eigenvalue weighted by Gasteiger charge is 2.25. The molecule has 1 aliphatic heterocycles. The van der Waals surface area contributed by atoms with Gasteiger partial charge in [0.25, 0.3) is 5.91 Å². The van der Waals surface area contributed by atoms with Crippen molar-refractivity contribution < 1.29 is 18.3 Å². The fraction of sp³-hybridized carbons (Fsp3) is 0.444. The highest BCUT2D eigenvalue weighted by atomic mass is 19.3. The molecular formula is C18H22F2N4O2. The fourth-order valence-corrected chi connectivity index (χ4v) is 3.17. The van der Waals surface area contributed by atoms with Crippen LogP contribution in [-0.2, 0) is 13.6 Å². The van der Waals surface area contributed by atoms with Crippen molar-refractivity contribution in [1.82, 2.24) is 19.6 Å². The highest BCUT2D eigenvalue weighted by molar-refractivity contribution is 5.97. The molecule has 26 heavy (non-hydrogen) atoms. The number of aryl methyl sites for hydroxylation is 2. The number of carbonyl (C=O) groups is 1. The van der Waals surface area contributed by atoms with Gasteiger partial charge in [-0.05, 0) is 19.1 Å². The molecular weight excluding hydrogens is 342 g/mol. The molecule has 0 atom stereocenters. The summed E-state index contributed by atoms with van der Waals surface area (Å²) in [5.74, 6) is -0.362. The van der Waals surface area contributed by atoms with E-state index in [0.717, 1.165) is 25.3 Å². The van der Waals surface area contributed by atoms with Crippen LogP contribution in [0.25, 0.3) is 0 Å². The summed E-state index contributed by atoms with van der Waals surface area (Å²) >= 11 is 0. The number of aromatic nitrogens is 2. The zero-order valence-corrected chi connectivity index (χ0v) is 14.9. The number of halogens is 2. The second-order valence-corrected chi connectivity index (χ2v) is 6.36. The van der Waals surface area contributed by atoms with Gasteiger partial charge in [-0.2, -0.15) is 13.9 Å². The van der Waals surface area contributed by atoms with Gasteiger partial charge in [0.2, 0.25) is 0 Å². The second-order valence-electron chi connectivity index (χ2n) is 6.36. The number of carbonyl (C=O) groups excluding carboxylic acids is 1. The molecule has 0 bridgehead atoms. The first kappa shape index (κ1) is 18.3. The molecule has 0 aliphatic carbocycles. The van der Waals surface area contributed by atoms with E-state index in [9.17, 15) is 13.6 Å². The lowest BCUT2D eigenvalue weighted by Gasteiger charge is -2.34. The molecule has 2 aromatic rings. The van der Waals surface area contributed by atoms with Gasteiger partial charge < -0.3 is 9.64 Å². The molecule has 1 aliphatic rings. The smallest absolute Gasteiger partial charge is 0.387 e. The number of ether oxygens (including phenoxy) is 1. The molecule has 0 spiro atoms. The molecule has 0 unspecified atom stereocenters. The van der Waals surface area contributed by atoms with Gasteiger partial charge in [-0.3, -0.25) is 14.4 Å². The third-order valence-electron chi connectivity index (χ3n) is 4.50. The average molecular weight is 364 g/mol. The normalized spacial score (nSPS) is 15.5. The zero-order valence-electron chi connectivity index (χ0n) is 14.9. The fourth-order valence-electron chi connectivity index (χ4n) is 3.17. The lowest BCUT2D eigenvalue weighted by molar-refractivity contribution is -0.0503. The van der Waals surface area contributed by atoms with E-state index in [0.29, 0.717) is 13.1 Å². The van der Waals surface area contributed by atoms with Crippen molar-refractivity contribution >= 4 is 5.91 Å². The Morgan fingerprint density at radius 3 is 2.54 bits per heavy atom. The molecule has 1 amide bonds. The molecule has 1 aromatic heterocycles. The number of piperazine rings is 1. The number of hydrogen-bond donors (Lipinski definition) is 0. The van der Waals surface area contributed by atoms with Crippen molar-refractivity contribution in [2.45, 2.75) is 20.1 Å². The first-order valence-electron chi connectivity index (χ1n) is 8.48. The number of para-hydroxylation sites is 1. The summed E-state index contributed by atoms with van der Waals surface area (Å²) in [6.07, 6.45) is 2.00. The summed E-state index contributed by atoms with van der Waals surface area (Å²) in [6.45, 7) is 2.34. The first-order valence-corrected chi connectivity index (χ1v) is 8.48. The Balaban J connectivity index is 1.61. The Morgan fingerprint density at radius 1 is 1.23 bits per heavy atom.